The van der Waals surface area contributed by atoms with Crippen LogP contribution in [0.15, 0.2) is 0 Å². The minimum Gasteiger partial charge on any atom is -0.314 e. The first-order chi connectivity index (χ1) is 7.18. The maximum absolute atomic E-state index is 3.54. The molecular formula is C12H27N3. The third-order valence-electron chi connectivity index (χ3n) is 3.10. The van der Waals surface area contributed by atoms with E-state index < -0.39 is 0 Å². The van der Waals surface area contributed by atoms with E-state index in [1.54, 1.807) is 0 Å². The predicted octanol–water partition coefficient (Wildman–Crippen LogP) is 1.01. The van der Waals surface area contributed by atoms with E-state index in [-0.39, 0.29) is 0 Å². The number of rotatable bonds is 4. The van der Waals surface area contributed by atoms with Crippen LogP contribution < -0.4 is 5.32 Å². The van der Waals surface area contributed by atoms with Crippen molar-refractivity contribution in [3.8, 4) is 0 Å². The Hall–Kier alpha value is -0.120. The molecular weight excluding hydrogens is 186 g/mol. The molecule has 0 amide bonds. The van der Waals surface area contributed by atoms with Crippen LogP contribution in [-0.2, 0) is 0 Å². The molecule has 3 nitrogen and oxygen atoms in total. The van der Waals surface area contributed by atoms with Gasteiger partial charge in [-0.1, -0.05) is 0 Å². The van der Waals surface area contributed by atoms with Gasteiger partial charge in [0.25, 0.3) is 0 Å². The van der Waals surface area contributed by atoms with Crippen molar-refractivity contribution in [1.29, 1.82) is 0 Å². The molecule has 1 aliphatic heterocycles. The SMILES string of the molecule is CC1CCN(CCCN(C)C)CCCN1. The summed E-state index contributed by atoms with van der Waals surface area (Å²) in [6.07, 6.45) is 3.89. The molecule has 1 unspecified atom stereocenters. The highest BCUT2D eigenvalue weighted by molar-refractivity contribution is 4.70. The highest BCUT2D eigenvalue weighted by atomic mass is 15.1. The Bertz CT molecular complexity index is 159. The molecule has 0 aliphatic carbocycles. The van der Waals surface area contributed by atoms with Crippen molar-refractivity contribution >= 4 is 0 Å². The minimum atomic E-state index is 0.696. The van der Waals surface area contributed by atoms with Crippen LogP contribution in [0.25, 0.3) is 0 Å². The first-order valence-electron chi connectivity index (χ1n) is 6.29. The van der Waals surface area contributed by atoms with Gasteiger partial charge in [-0.2, -0.15) is 0 Å². The lowest BCUT2D eigenvalue weighted by atomic mass is 10.1. The Balaban J connectivity index is 2.15. The number of nitrogens with one attached hydrogen (secondary N) is 1. The molecule has 0 radical (unpaired) electrons. The molecule has 0 aromatic rings. The first-order valence-corrected chi connectivity index (χ1v) is 6.29. The van der Waals surface area contributed by atoms with Crippen LogP contribution in [0.1, 0.15) is 26.2 Å². The summed E-state index contributed by atoms with van der Waals surface area (Å²) >= 11 is 0. The van der Waals surface area contributed by atoms with Gasteiger partial charge in [0.05, 0.1) is 0 Å². The molecule has 1 rings (SSSR count). The van der Waals surface area contributed by atoms with Gasteiger partial charge in [-0.15, -0.1) is 0 Å². The fraction of sp³-hybridized carbons (Fsp3) is 1.00. The van der Waals surface area contributed by atoms with E-state index in [0.29, 0.717) is 6.04 Å². The summed E-state index contributed by atoms with van der Waals surface area (Å²) < 4.78 is 0. The summed E-state index contributed by atoms with van der Waals surface area (Å²) in [6.45, 7) is 8.50. The van der Waals surface area contributed by atoms with E-state index >= 15 is 0 Å². The smallest absolute Gasteiger partial charge is 0.00509 e. The normalized spacial score (nSPS) is 25.2. The lowest BCUT2D eigenvalue weighted by molar-refractivity contribution is 0.225. The van der Waals surface area contributed by atoms with Gasteiger partial charge in [-0.25, -0.2) is 0 Å². The van der Waals surface area contributed by atoms with Crippen LogP contribution in [0.5, 0.6) is 0 Å². The van der Waals surface area contributed by atoms with E-state index in [9.17, 15) is 0 Å². The van der Waals surface area contributed by atoms with Crippen molar-refractivity contribution in [2.24, 2.45) is 0 Å². The van der Waals surface area contributed by atoms with Crippen LogP contribution in [-0.4, -0.2) is 62.7 Å². The van der Waals surface area contributed by atoms with Gasteiger partial charge in [-0.05, 0) is 73.0 Å². The van der Waals surface area contributed by atoms with Crippen molar-refractivity contribution in [3.05, 3.63) is 0 Å². The molecule has 1 N–H and O–H groups in total. The molecule has 15 heavy (non-hydrogen) atoms. The summed E-state index contributed by atoms with van der Waals surface area (Å²) in [4.78, 5) is 4.90. The Morgan fingerprint density at radius 3 is 2.87 bits per heavy atom. The lowest BCUT2D eigenvalue weighted by Crippen LogP contribution is -2.39. The van der Waals surface area contributed by atoms with E-state index in [4.69, 9.17) is 0 Å². The summed E-state index contributed by atoms with van der Waals surface area (Å²) in [5.74, 6) is 0. The van der Waals surface area contributed by atoms with Crippen LogP contribution in [0.4, 0.5) is 0 Å². The van der Waals surface area contributed by atoms with Gasteiger partial charge < -0.3 is 15.1 Å². The Labute approximate surface area is 94.8 Å². The van der Waals surface area contributed by atoms with E-state index in [2.05, 4.69) is 36.1 Å². The largest absolute Gasteiger partial charge is 0.314 e. The monoisotopic (exact) mass is 213 g/mol. The molecule has 1 aliphatic rings. The quantitative estimate of drug-likeness (QED) is 0.752. The molecule has 3 heteroatoms. The fourth-order valence-electron chi connectivity index (χ4n) is 2.08. The third kappa shape index (κ3) is 6.13. The maximum Gasteiger partial charge on any atom is 0.00509 e. The molecule has 1 atom stereocenters. The zero-order chi connectivity index (χ0) is 11.1. The van der Waals surface area contributed by atoms with Crippen molar-refractivity contribution < 1.29 is 0 Å². The summed E-state index contributed by atoms with van der Waals surface area (Å²) in [5.41, 5.74) is 0. The lowest BCUT2D eigenvalue weighted by Gasteiger charge is -2.28. The van der Waals surface area contributed by atoms with E-state index in [0.717, 1.165) is 0 Å². The molecule has 1 heterocycles. The van der Waals surface area contributed by atoms with Crippen LogP contribution in [0, 0.1) is 0 Å². The molecule has 0 aromatic heterocycles. The van der Waals surface area contributed by atoms with E-state index in [1.165, 1.54) is 52.0 Å². The second kappa shape index (κ2) is 7.20. The number of hydrogen-bond donors (Lipinski definition) is 1. The zero-order valence-electron chi connectivity index (χ0n) is 10.6. The Morgan fingerprint density at radius 1 is 1.33 bits per heavy atom. The van der Waals surface area contributed by atoms with E-state index in [1.807, 2.05) is 0 Å². The predicted molar refractivity (Wildman–Crippen MR) is 66.3 cm³/mol. The minimum absolute atomic E-state index is 0.696. The van der Waals surface area contributed by atoms with Gasteiger partial charge in [0.2, 0.25) is 0 Å². The molecule has 0 spiro atoms. The van der Waals surface area contributed by atoms with Crippen molar-refractivity contribution in [2.45, 2.75) is 32.2 Å². The average molecular weight is 213 g/mol. The van der Waals surface area contributed by atoms with Crippen molar-refractivity contribution in [3.63, 3.8) is 0 Å². The number of hydrogen-bond acceptors (Lipinski definition) is 3. The highest BCUT2D eigenvalue weighted by Crippen LogP contribution is 2.03. The maximum atomic E-state index is 3.54. The Morgan fingerprint density at radius 2 is 2.13 bits per heavy atom. The summed E-state index contributed by atoms with van der Waals surface area (Å²) in [7, 11) is 4.30. The van der Waals surface area contributed by atoms with Crippen molar-refractivity contribution in [1.82, 2.24) is 15.1 Å². The first kappa shape index (κ1) is 12.9. The summed E-state index contributed by atoms with van der Waals surface area (Å²) in [6, 6.07) is 0.696. The zero-order valence-corrected chi connectivity index (χ0v) is 10.6. The van der Waals surface area contributed by atoms with Gasteiger partial charge in [0.1, 0.15) is 0 Å². The topological polar surface area (TPSA) is 18.5 Å². The molecule has 0 aromatic carbocycles. The van der Waals surface area contributed by atoms with Gasteiger partial charge in [-0.3, -0.25) is 0 Å². The average Bonchev–Trinajstić information content (AvgIpc) is 2.15. The van der Waals surface area contributed by atoms with Crippen LogP contribution >= 0.6 is 0 Å². The number of nitrogens with zero attached hydrogens (tertiary/aromatic N) is 2. The molecule has 0 bridgehead atoms. The van der Waals surface area contributed by atoms with Gasteiger partial charge in [0.15, 0.2) is 0 Å². The second-order valence-corrected chi connectivity index (χ2v) is 5.00. The van der Waals surface area contributed by atoms with Crippen LogP contribution in [0.3, 0.4) is 0 Å². The molecule has 90 valence electrons. The standard InChI is InChI=1S/C12H27N3/c1-12-6-11-15(9-4-7-13-12)10-5-8-14(2)3/h12-13H,4-11H2,1-3H3. The molecule has 1 fully saturated rings. The molecule has 1 saturated heterocycles. The highest BCUT2D eigenvalue weighted by Gasteiger charge is 2.10. The van der Waals surface area contributed by atoms with Crippen molar-refractivity contribution in [2.75, 3.05) is 46.8 Å². The molecule has 0 saturated carbocycles. The fourth-order valence-corrected chi connectivity index (χ4v) is 2.08. The second-order valence-electron chi connectivity index (χ2n) is 5.00. The third-order valence-corrected chi connectivity index (χ3v) is 3.10. The van der Waals surface area contributed by atoms with Gasteiger partial charge in [0, 0.05) is 6.04 Å². The van der Waals surface area contributed by atoms with Crippen LogP contribution in [0.2, 0.25) is 0 Å². The Kier molecular flexibility index (Phi) is 6.22. The summed E-state index contributed by atoms with van der Waals surface area (Å²) in [5, 5.41) is 3.54. The van der Waals surface area contributed by atoms with Gasteiger partial charge >= 0.3 is 0 Å².